The predicted molar refractivity (Wildman–Crippen MR) is 190 cm³/mol. The van der Waals surface area contributed by atoms with E-state index < -0.39 is 29.6 Å². The van der Waals surface area contributed by atoms with Crippen molar-refractivity contribution in [3.63, 3.8) is 0 Å². The molecule has 252 valence electrons. The zero-order valence-corrected chi connectivity index (χ0v) is 28.8. The summed E-state index contributed by atoms with van der Waals surface area (Å²) in [6.45, 7) is 10.9. The fraction of sp³-hybridized carbons (Fsp3) is 0.395. The molecule has 3 aromatic carbocycles. The van der Waals surface area contributed by atoms with Crippen LogP contribution < -0.4 is 14.5 Å². The molecule has 3 unspecified atom stereocenters. The third-order valence-corrected chi connectivity index (χ3v) is 10.6. The highest BCUT2D eigenvalue weighted by atomic mass is 79.9. The fourth-order valence-corrected chi connectivity index (χ4v) is 8.73. The first kappa shape index (κ1) is 33.9. The van der Waals surface area contributed by atoms with Gasteiger partial charge in [0.25, 0.3) is 5.91 Å². The molecule has 6 atom stereocenters. The van der Waals surface area contributed by atoms with Gasteiger partial charge in [0, 0.05) is 42.4 Å². The average molecular weight is 717 g/mol. The van der Waals surface area contributed by atoms with Crippen molar-refractivity contribution in [1.82, 2.24) is 4.90 Å². The van der Waals surface area contributed by atoms with Crippen LogP contribution in [0.25, 0.3) is 10.8 Å². The number of fused-ring (bicyclic) bond motifs is 2. The van der Waals surface area contributed by atoms with Gasteiger partial charge in [-0.15, -0.1) is 13.2 Å². The Kier molecular flexibility index (Phi) is 10.1. The molecule has 3 aliphatic heterocycles. The van der Waals surface area contributed by atoms with E-state index in [1.54, 1.807) is 26.9 Å². The maximum atomic E-state index is 14.9. The van der Waals surface area contributed by atoms with Gasteiger partial charge in [0.15, 0.2) is 0 Å². The lowest BCUT2D eigenvalue weighted by atomic mass is 9.70. The summed E-state index contributed by atoms with van der Waals surface area (Å²) in [7, 11) is 0. The number of benzene rings is 3. The van der Waals surface area contributed by atoms with Crippen LogP contribution in [-0.4, -0.2) is 83.2 Å². The number of ether oxygens (including phenoxy) is 2. The van der Waals surface area contributed by atoms with Gasteiger partial charge in [-0.3, -0.25) is 14.4 Å². The summed E-state index contributed by atoms with van der Waals surface area (Å²) in [4.78, 5) is 48.8. The van der Waals surface area contributed by atoms with E-state index in [9.17, 15) is 19.5 Å². The van der Waals surface area contributed by atoms with Crippen LogP contribution in [0.4, 0.5) is 11.4 Å². The molecule has 1 spiro atoms. The second-order valence-electron chi connectivity index (χ2n) is 12.6. The number of amides is 3. The smallest absolute Gasteiger partial charge is 0.253 e. The molecule has 0 aromatic heterocycles. The molecule has 3 saturated heterocycles. The fourth-order valence-electron chi connectivity index (χ4n) is 7.79. The molecule has 48 heavy (non-hydrogen) atoms. The lowest BCUT2D eigenvalue weighted by Crippen LogP contribution is -2.57. The number of hydrogen-bond donors (Lipinski definition) is 1. The summed E-state index contributed by atoms with van der Waals surface area (Å²) in [5.41, 5.74) is 0.114. The summed E-state index contributed by atoms with van der Waals surface area (Å²) in [5.74, 6) is -1.80. The van der Waals surface area contributed by atoms with E-state index >= 15 is 0 Å². The molecular weight excluding hydrogens is 674 g/mol. The Hall–Kier alpha value is -3.99. The van der Waals surface area contributed by atoms with Gasteiger partial charge in [0.1, 0.15) is 17.4 Å². The van der Waals surface area contributed by atoms with Crippen molar-refractivity contribution >= 4 is 55.8 Å². The molecule has 0 saturated carbocycles. The molecule has 3 aromatic rings. The van der Waals surface area contributed by atoms with Crippen molar-refractivity contribution < 1.29 is 29.0 Å². The molecule has 3 aliphatic rings. The minimum atomic E-state index is -1.22. The first-order valence-electron chi connectivity index (χ1n) is 16.6. The Morgan fingerprint density at radius 1 is 1.00 bits per heavy atom. The van der Waals surface area contributed by atoms with Crippen LogP contribution in [0, 0.1) is 11.8 Å². The van der Waals surface area contributed by atoms with Crippen molar-refractivity contribution in [2.45, 2.75) is 48.8 Å². The number of likely N-dealkylation sites (tertiary alicyclic amines) is 1. The highest BCUT2D eigenvalue weighted by Crippen LogP contribution is 2.60. The van der Waals surface area contributed by atoms with E-state index in [2.05, 4.69) is 29.1 Å². The lowest BCUT2D eigenvalue weighted by Gasteiger charge is -2.37. The standard InChI is InChI=1S/C38H42BrN3O6/c1-4-19-40(27-15-17-29(18-16-27)47-6-3)35(44)31-32-36(45)42(21-9-10-22-43)34(38(32)24-30(39)33(31)48-38)37(46)41(20-5-2)28-14-13-25-11-7-8-12-26(25)23-28/h4-5,7-8,11-18,23,30-34,43H,1-2,6,9-10,19-22,24H2,3H3/t30?,31-,32-,33-,34?,38?/m0/s1. The minimum Gasteiger partial charge on any atom is -0.494 e. The quantitative estimate of drug-likeness (QED) is 0.135. The van der Waals surface area contributed by atoms with Gasteiger partial charge in [-0.25, -0.2) is 0 Å². The number of hydrogen-bond acceptors (Lipinski definition) is 6. The summed E-state index contributed by atoms with van der Waals surface area (Å²) in [5, 5.41) is 11.6. The van der Waals surface area contributed by atoms with E-state index in [1.165, 1.54) is 0 Å². The Morgan fingerprint density at radius 2 is 1.67 bits per heavy atom. The van der Waals surface area contributed by atoms with E-state index in [4.69, 9.17) is 9.47 Å². The van der Waals surface area contributed by atoms with Crippen LogP contribution in [-0.2, 0) is 19.1 Å². The van der Waals surface area contributed by atoms with Gasteiger partial charge in [0.2, 0.25) is 11.8 Å². The Balaban J connectivity index is 1.40. The molecule has 3 amide bonds. The number of alkyl halides is 1. The van der Waals surface area contributed by atoms with Gasteiger partial charge in [-0.2, -0.15) is 0 Å². The first-order chi connectivity index (χ1) is 23.3. The van der Waals surface area contributed by atoms with Crippen LogP contribution in [0.3, 0.4) is 0 Å². The number of carbonyl (C=O) groups excluding carboxylic acids is 3. The number of nitrogens with zero attached hydrogens (tertiary/aromatic N) is 3. The Bertz CT molecular complexity index is 1700. The zero-order chi connectivity index (χ0) is 34.0. The maximum absolute atomic E-state index is 14.9. The highest BCUT2D eigenvalue weighted by Gasteiger charge is 2.77. The first-order valence-corrected chi connectivity index (χ1v) is 17.5. The van der Waals surface area contributed by atoms with E-state index in [0.29, 0.717) is 43.0 Å². The molecule has 6 rings (SSSR count). The molecule has 0 aliphatic carbocycles. The topological polar surface area (TPSA) is 99.6 Å². The second kappa shape index (κ2) is 14.2. The normalized spacial score (nSPS) is 25.6. The predicted octanol–water partition coefficient (Wildman–Crippen LogP) is 5.50. The number of carbonyl (C=O) groups is 3. The van der Waals surface area contributed by atoms with Gasteiger partial charge in [-0.1, -0.05) is 58.4 Å². The molecule has 9 nitrogen and oxygen atoms in total. The molecule has 0 radical (unpaired) electrons. The molecule has 10 heteroatoms. The van der Waals surface area contributed by atoms with Gasteiger partial charge in [0.05, 0.1) is 24.5 Å². The number of aliphatic hydroxyl groups is 1. The van der Waals surface area contributed by atoms with E-state index in [0.717, 1.165) is 10.8 Å². The molecule has 3 fully saturated rings. The third-order valence-electron chi connectivity index (χ3n) is 9.77. The van der Waals surface area contributed by atoms with Crippen molar-refractivity contribution in [2.24, 2.45) is 11.8 Å². The maximum Gasteiger partial charge on any atom is 0.253 e. The van der Waals surface area contributed by atoms with Crippen molar-refractivity contribution in [3.05, 3.63) is 92.0 Å². The average Bonchev–Trinajstić information content (AvgIpc) is 3.69. The van der Waals surface area contributed by atoms with Crippen LogP contribution in [0.1, 0.15) is 26.2 Å². The summed E-state index contributed by atoms with van der Waals surface area (Å²) in [6.07, 6.45) is 4.09. The van der Waals surface area contributed by atoms with Crippen molar-refractivity contribution in [2.75, 3.05) is 42.6 Å². The van der Waals surface area contributed by atoms with Gasteiger partial charge < -0.3 is 29.3 Å². The molecule has 3 heterocycles. The largest absolute Gasteiger partial charge is 0.494 e. The second-order valence-corrected chi connectivity index (χ2v) is 13.7. The third kappa shape index (κ3) is 5.84. The minimum absolute atomic E-state index is 0.0311. The number of rotatable bonds is 14. The Morgan fingerprint density at radius 3 is 2.33 bits per heavy atom. The number of aliphatic hydroxyl groups excluding tert-OH is 1. The van der Waals surface area contributed by atoms with E-state index in [-0.39, 0.29) is 48.8 Å². The lowest BCUT2D eigenvalue weighted by molar-refractivity contribution is -0.140. The molecular formula is C38H42BrN3O6. The summed E-state index contributed by atoms with van der Waals surface area (Å²) in [6, 6.07) is 20.1. The monoisotopic (exact) mass is 715 g/mol. The van der Waals surface area contributed by atoms with Crippen LogP contribution in [0.2, 0.25) is 0 Å². The van der Waals surface area contributed by atoms with Crippen molar-refractivity contribution in [1.29, 1.82) is 0 Å². The van der Waals surface area contributed by atoms with Gasteiger partial charge >= 0.3 is 0 Å². The van der Waals surface area contributed by atoms with Crippen LogP contribution >= 0.6 is 15.9 Å². The highest BCUT2D eigenvalue weighted by molar-refractivity contribution is 9.09. The van der Waals surface area contributed by atoms with Crippen molar-refractivity contribution in [3.8, 4) is 5.75 Å². The SMILES string of the molecule is C=CCN(C(=O)C1N(CCCCO)C(=O)[C@@H]2[C@H](C(=O)N(CC=C)c3ccc(OCC)cc3)[C@H]3OC12CC3Br)c1ccc2ccccc2c1. The van der Waals surface area contributed by atoms with Crippen LogP contribution in [0.5, 0.6) is 5.75 Å². The van der Waals surface area contributed by atoms with Crippen LogP contribution in [0.15, 0.2) is 92.0 Å². The molecule has 1 N–H and O–H groups in total. The Labute approximate surface area is 289 Å². The molecule has 2 bridgehead atoms. The summed E-state index contributed by atoms with van der Waals surface area (Å²) >= 11 is 3.79. The number of unbranched alkanes of at least 4 members (excludes halogenated alkanes) is 1. The summed E-state index contributed by atoms with van der Waals surface area (Å²) < 4.78 is 12.4. The number of halogens is 1. The zero-order valence-electron chi connectivity index (χ0n) is 27.2. The number of anilines is 2. The van der Waals surface area contributed by atoms with E-state index in [1.807, 2.05) is 73.7 Å². The van der Waals surface area contributed by atoms with Gasteiger partial charge in [-0.05, 0) is 73.4 Å².